The third-order valence-corrected chi connectivity index (χ3v) is 5.69. The Morgan fingerprint density at radius 3 is 2.24 bits per heavy atom. The van der Waals surface area contributed by atoms with E-state index in [1.165, 1.54) is 53.5 Å². The first kappa shape index (κ1) is 21.5. The highest BCUT2D eigenvalue weighted by molar-refractivity contribution is 7.98. The van der Waals surface area contributed by atoms with Crippen LogP contribution in [0.3, 0.4) is 0 Å². The van der Waals surface area contributed by atoms with Crippen molar-refractivity contribution in [1.82, 2.24) is 10.6 Å². The number of rotatable bonds is 4. The molecule has 0 aromatic heterocycles. The summed E-state index contributed by atoms with van der Waals surface area (Å²) < 4.78 is 41.5. The van der Waals surface area contributed by atoms with Gasteiger partial charge in [0, 0.05) is 15.5 Å². The average molecular weight is 445 g/mol. The number of alkyl halides is 3. The van der Waals surface area contributed by atoms with E-state index in [-0.39, 0.29) is 11.1 Å². The summed E-state index contributed by atoms with van der Waals surface area (Å²) in [5.41, 5.74) is -3.58. The van der Waals surface area contributed by atoms with Crippen molar-refractivity contribution in [2.45, 2.75) is 22.8 Å². The van der Waals surface area contributed by atoms with E-state index in [0.29, 0.717) is 5.02 Å². The molecule has 2 amide bonds. The van der Waals surface area contributed by atoms with Gasteiger partial charge in [-0.1, -0.05) is 23.7 Å². The first-order valence-corrected chi connectivity index (χ1v) is 9.98. The first-order chi connectivity index (χ1) is 13.6. The summed E-state index contributed by atoms with van der Waals surface area (Å²) in [7, 11) is 0. The van der Waals surface area contributed by atoms with Crippen LogP contribution in [0, 0.1) is 5.92 Å². The number of Topliss-reactive ketones (excluding diaryl/α,β-unsaturated/α-hetero) is 1. The molecule has 0 radical (unpaired) electrons. The number of nitrogens with one attached hydrogen (secondary N) is 2. The van der Waals surface area contributed by atoms with E-state index in [4.69, 9.17) is 11.6 Å². The topological polar surface area (TPSA) is 78.4 Å². The third kappa shape index (κ3) is 4.08. The molecule has 1 fully saturated rings. The van der Waals surface area contributed by atoms with Gasteiger partial charge in [0.25, 0.3) is 0 Å². The number of carbonyl (C=O) groups excluding carboxylic acids is 2. The predicted octanol–water partition coefficient (Wildman–Crippen LogP) is 4.17. The summed E-state index contributed by atoms with van der Waals surface area (Å²) in [6.45, 7) is 0. The van der Waals surface area contributed by atoms with Crippen LogP contribution >= 0.6 is 23.4 Å². The molecule has 0 saturated carbocycles. The second-order valence-electron chi connectivity index (χ2n) is 6.46. The van der Waals surface area contributed by atoms with Gasteiger partial charge in [0.15, 0.2) is 5.78 Å². The van der Waals surface area contributed by atoms with E-state index in [1.54, 1.807) is 12.1 Å². The molecule has 154 valence electrons. The number of hydrogen-bond donors (Lipinski definition) is 3. The van der Waals surface area contributed by atoms with Crippen LogP contribution in [0.15, 0.2) is 53.4 Å². The number of benzene rings is 2. The zero-order valence-corrected chi connectivity index (χ0v) is 16.5. The molecular formula is C19H16ClF3N2O3S. The Morgan fingerprint density at radius 1 is 1.14 bits per heavy atom. The minimum Gasteiger partial charge on any atom is -0.363 e. The fourth-order valence-electron chi connectivity index (χ4n) is 3.22. The number of ketones is 1. The van der Waals surface area contributed by atoms with Gasteiger partial charge in [-0.25, -0.2) is 4.79 Å². The molecule has 0 spiro atoms. The normalized spacial score (nSPS) is 24.6. The van der Waals surface area contributed by atoms with Crippen LogP contribution < -0.4 is 10.6 Å². The molecule has 3 N–H and O–H groups in total. The lowest BCUT2D eigenvalue weighted by Gasteiger charge is -2.45. The van der Waals surface area contributed by atoms with Crippen molar-refractivity contribution in [3.05, 3.63) is 64.7 Å². The van der Waals surface area contributed by atoms with Gasteiger partial charge in [0.2, 0.25) is 5.72 Å². The largest absolute Gasteiger partial charge is 0.437 e. The number of thioether (sulfide) groups is 1. The molecule has 1 aliphatic heterocycles. The number of hydrogen-bond acceptors (Lipinski definition) is 4. The second-order valence-corrected chi connectivity index (χ2v) is 7.78. The maximum atomic E-state index is 13.8. The smallest absolute Gasteiger partial charge is 0.363 e. The lowest BCUT2D eigenvalue weighted by atomic mass is 9.77. The highest BCUT2D eigenvalue weighted by Crippen LogP contribution is 2.44. The minimum absolute atomic E-state index is 0.0780. The molecule has 10 heteroatoms. The number of amides is 2. The molecule has 1 saturated heterocycles. The molecule has 3 atom stereocenters. The van der Waals surface area contributed by atoms with E-state index in [9.17, 15) is 27.9 Å². The van der Waals surface area contributed by atoms with Crippen LogP contribution in [-0.2, 0) is 0 Å². The first-order valence-electron chi connectivity index (χ1n) is 8.38. The van der Waals surface area contributed by atoms with Crippen molar-refractivity contribution >= 4 is 35.2 Å². The molecule has 29 heavy (non-hydrogen) atoms. The Bertz CT molecular complexity index is 922. The van der Waals surface area contributed by atoms with E-state index < -0.39 is 35.7 Å². The predicted molar refractivity (Wildman–Crippen MR) is 103 cm³/mol. The highest BCUT2D eigenvalue weighted by atomic mass is 35.5. The van der Waals surface area contributed by atoms with Crippen LogP contribution in [0.4, 0.5) is 18.0 Å². The Labute approximate surface area is 173 Å². The molecule has 5 nitrogen and oxygen atoms in total. The molecular weight excluding hydrogens is 429 g/mol. The molecule has 0 unspecified atom stereocenters. The molecule has 2 aromatic rings. The average Bonchev–Trinajstić information content (AvgIpc) is 2.67. The van der Waals surface area contributed by atoms with Gasteiger partial charge in [-0.05, 0) is 48.2 Å². The molecule has 0 bridgehead atoms. The molecule has 1 heterocycles. The molecule has 3 rings (SSSR count). The summed E-state index contributed by atoms with van der Waals surface area (Å²) >= 11 is 7.22. The fourth-order valence-corrected chi connectivity index (χ4v) is 3.76. The van der Waals surface area contributed by atoms with Gasteiger partial charge < -0.3 is 15.7 Å². The van der Waals surface area contributed by atoms with Crippen molar-refractivity contribution in [2.24, 2.45) is 5.92 Å². The quantitative estimate of drug-likeness (QED) is 0.488. The Morgan fingerprint density at radius 2 is 1.72 bits per heavy atom. The zero-order valence-electron chi connectivity index (χ0n) is 15.0. The van der Waals surface area contributed by atoms with Gasteiger partial charge in [-0.3, -0.25) is 4.79 Å². The van der Waals surface area contributed by atoms with Gasteiger partial charge in [0.05, 0.1) is 6.04 Å². The van der Waals surface area contributed by atoms with Crippen molar-refractivity contribution < 1.29 is 27.9 Å². The summed E-state index contributed by atoms with van der Waals surface area (Å²) in [4.78, 5) is 25.9. The van der Waals surface area contributed by atoms with Crippen molar-refractivity contribution in [2.75, 3.05) is 6.26 Å². The van der Waals surface area contributed by atoms with Gasteiger partial charge in [0.1, 0.15) is 5.92 Å². The fraction of sp³-hybridized carbons (Fsp3) is 0.263. The SMILES string of the molecule is CSc1ccc([C@H]2NC(=O)N[C@@](O)(C(F)(F)F)[C@@H]2C(=O)c2ccc(Cl)cc2)cc1. The number of urea groups is 1. The summed E-state index contributed by atoms with van der Waals surface area (Å²) in [5.74, 6) is -3.06. The summed E-state index contributed by atoms with van der Waals surface area (Å²) in [6, 6.07) is 8.96. The second kappa shape index (κ2) is 7.89. The molecule has 1 aliphatic rings. The van der Waals surface area contributed by atoms with Crippen LogP contribution in [0.5, 0.6) is 0 Å². The maximum Gasteiger partial charge on any atom is 0.437 e. The highest BCUT2D eigenvalue weighted by Gasteiger charge is 2.66. The number of aliphatic hydroxyl groups is 1. The summed E-state index contributed by atoms with van der Waals surface area (Å²) in [5, 5.41) is 14.6. The number of carbonyl (C=O) groups is 2. The lowest BCUT2D eigenvalue weighted by Crippen LogP contribution is -2.72. The van der Waals surface area contributed by atoms with Crippen LogP contribution in [0.2, 0.25) is 5.02 Å². The van der Waals surface area contributed by atoms with E-state index in [2.05, 4.69) is 5.32 Å². The third-order valence-electron chi connectivity index (χ3n) is 4.69. The van der Waals surface area contributed by atoms with Crippen molar-refractivity contribution in [3.8, 4) is 0 Å². The van der Waals surface area contributed by atoms with Crippen LogP contribution in [0.25, 0.3) is 0 Å². The van der Waals surface area contributed by atoms with E-state index in [0.717, 1.165) is 4.90 Å². The lowest BCUT2D eigenvalue weighted by molar-refractivity contribution is -0.287. The zero-order chi connectivity index (χ0) is 21.4. The summed E-state index contributed by atoms with van der Waals surface area (Å²) in [6.07, 6.45) is -3.47. The molecule has 2 aromatic carbocycles. The van der Waals surface area contributed by atoms with Crippen LogP contribution in [0.1, 0.15) is 22.0 Å². The maximum absolute atomic E-state index is 13.8. The van der Waals surface area contributed by atoms with Crippen LogP contribution in [-0.4, -0.2) is 35.1 Å². The monoisotopic (exact) mass is 444 g/mol. The Balaban J connectivity index is 2.13. The van der Waals surface area contributed by atoms with E-state index >= 15 is 0 Å². The Hall–Kier alpha value is -2.23. The Kier molecular flexibility index (Phi) is 5.84. The molecule has 0 aliphatic carbocycles. The van der Waals surface area contributed by atoms with Gasteiger partial charge >= 0.3 is 12.2 Å². The van der Waals surface area contributed by atoms with Gasteiger partial charge in [-0.15, -0.1) is 11.8 Å². The van der Waals surface area contributed by atoms with Crippen molar-refractivity contribution in [3.63, 3.8) is 0 Å². The number of halogens is 4. The van der Waals surface area contributed by atoms with E-state index in [1.807, 2.05) is 6.26 Å². The minimum atomic E-state index is -5.30. The van der Waals surface area contributed by atoms with Crippen molar-refractivity contribution in [1.29, 1.82) is 0 Å². The van der Waals surface area contributed by atoms with Gasteiger partial charge in [-0.2, -0.15) is 13.2 Å². The standard InChI is InChI=1S/C19H16ClF3N2O3S/c1-29-13-8-4-10(5-9-13)15-14(16(26)11-2-6-12(20)7-3-11)18(28,19(21,22)23)25-17(27)24-15/h2-9,14-15,28H,1H3,(H2,24,25,27)/t14-,15+,18-/m0/s1.